The highest BCUT2D eigenvalue weighted by atomic mass is 19.1. The van der Waals surface area contributed by atoms with E-state index < -0.39 is 0 Å². The highest BCUT2D eigenvalue weighted by Crippen LogP contribution is 2.34. The lowest BCUT2D eigenvalue weighted by atomic mass is 9.95. The predicted octanol–water partition coefficient (Wildman–Crippen LogP) is 3.44. The maximum absolute atomic E-state index is 13.6. The topological polar surface area (TPSA) is 67.9 Å². The average Bonchev–Trinajstić information content (AvgIpc) is 3.21. The third-order valence-electron chi connectivity index (χ3n) is 5.13. The summed E-state index contributed by atoms with van der Waals surface area (Å²) in [7, 11) is 0. The van der Waals surface area contributed by atoms with Crippen LogP contribution in [0.2, 0.25) is 0 Å². The second-order valence-electron chi connectivity index (χ2n) is 7.01. The number of halogens is 1. The van der Waals surface area contributed by atoms with Crippen molar-refractivity contribution >= 4 is 23.6 Å². The van der Waals surface area contributed by atoms with Gasteiger partial charge in [0.15, 0.2) is 11.5 Å². The molecule has 2 aromatic carbocycles. The molecular weight excluding hydrogens is 375 g/mol. The van der Waals surface area contributed by atoms with Crippen LogP contribution in [-0.2, 0) is 9.59 Å². The van der Waals surface area contributed by atoms with Gasteiger partial charge in [0.25, 0.3) is 0 Å². The first-order valence-electron chi connectivity index (χ1n) is 9.52. The van der Waals surface area contributed by atoms with E-state index in [1.54, 1.807) is 41.3 Å². The number of likely N-dealkylation sites (tertiary alicyclic amines) is 1. The fraction of sp³-hybridized carbons (Fsp3) is 0.273. The van der Waals surface area contributed by atoms with Gasteiger partial charge >= 0.3 is 0 Å². The van der Waals surface area contributed by atoms with Crippen molar-refractivity contribution in [3.63, 3.8) is 0 Å². The first-order valence-corrected chi connectivity index (χ1v) is 9.52. The van der Waals surface area contributed by atoms with Crippen LogP contribution in [0.15, 0.2) is 48.5 Å². The van der Waals surface area contributed by atoms with E-state index in [1.165, 1.54) is 18.2 Å². The van der Waals surface area contributed by atoms with Gasteiger partial charge < -0.3 is 19.7 Å². The number of rotatable bonds is 4. The fourth-order valence-electron chi connectivity index (χ4n) is 3.46. The summed E-state index contributed by atoms with van der Waals surface area (Å²) in [4.78, 5) is 26.6. The van der Waals surface area contributed by atoms with E-state index in [1.807, 2.05) is 0 Å². The van der Waals surface area contributed by atoms with Crippen molar-refractivity contribution in [3.05, 3.63) is 59.9 Å². The maximum atomic E-state index is 13.6. The van der Waals surface area contributed by atoms with Crippen molar-refractivity contribution in [2.45, 2.75) is 12.8 Å². The summed E-state index contributed by atoms with van der Waals surface area (Å²) >= 11 is 0. The molecule has 0 saturated carbocycles. The second-order valence-corrected chi connectivity index (χ2v) is 7.01. The molecule has 2 heterocycles. The van der Waals surface area contributed by atoms with Crippen LogP contribution in [0, 0.1) is 11.7 Å². The molecule has 0 aliphatic carbocycles. The molecule has 0 radical (unpaired) electrons. The van der Waals surface area contributed by atoms with E-state index in [0.717, 1.165) is 0 Å². The minimum absolute atomic E-state index is 0.0714. The van der Waals surface area contributed by atoms with Gasteiger partial charge in [-0.15, -0.1) is 0 Å². The highest BCUT2D eigenvalue weighted by molar-refractivity contribution is 5.94. The molecule has 4 rings (SSSR count). The normalized spacial score (nSPS) is 16.2. The maximum Gasteiger partial charge on any atom is 0.246 e. The first-order chi connectivity index (χ1) is 14.1. The molecule has 0 bridgehead atoms. The summed E-state index contributed by atoms with van der Waals surface area (Å²) in [6.07, 6.45) is 4.02. The SMILES string of the molecule is O=C(Nc1ccc2c(c1)OCO2)C1CCN(C(=O)C=Cc2ccccc2F)CC1. The van der Waals surface area contributed by atoms with Crippen LogP contribution in [0.4, 0.5) is 10.1 Å². The van der Waals surface area contributed by atoms with Crippen LogP contribution in [-0.4, -0.2) is 36.6 Å². The van der Waals surface area contributed by atoms with Crippen molar-refractivity contribution in [2.24, 2.45) is 5.92 Å². The number of benzene rings is 2. The number of hydrogen-bond acceptors (Lipinski definition) is 4. The zero-order valence-corrected chi connectivity index (χ0v) is 15.8. The second kappa shape index (κ2) is 8.34. The number of ether oxygens (including phenoxy) is 2. The van der Waals surface area contributed by atoms with E-state index in [2.05, 4.69) is 5.32 Å². The molecule has 2 aliphatic rings. The molecule has 0 atom stereocenters. The molecule has 2 amide bonds. The summed E-state index contributed by atoms with van der Waals surface area (Å²) in [6, 6.07) is 11.6. The molecule has 0 spiro atoms. The fourth-order valence-corrected chi connectivity index (χ4v) is 3.46. The van der Waals surface area contributed by atoms with Gasteiger partial charge in [-0.1, -0.05) is 18.2 Å². The van der Waals surface area contributed by atoms with Crippen LogP contribution in [0.25, 0.3) is 6.08 Å². The molecule has 2 aromatic rings. The van der Waals surface area contributed by atoms with Crippen molar-refractivity contribution < 1.29 is 23.5 Å². The Labute approximate surface area is 167 Å². The van der Waals surface area contributed by atoms with Crippen LogP contribution in [0.1, 0.15) is 18.4 Å². The van der Waals surface area contributed by atoms with Crippen LogP contribution < -0.4 is 14.8 Å². The lowest BCUT2D eigenvalue weighted by Gasteiger charge is -2.30. The van der Waals surface area contributed by atoms with Crippen molar-refractivity contribution in [3.8, 4) is 11.5 Å². The molecule has 1 N–H and O–H groups in total. The summed E-state index contributed by atoms with van der Waals surface area (Å²) in [5, 5.41) is 2.90. The third-order valence-corrected chi connectivity index (χ3v) is 5.13. The molecule has 150 valence electrons. The Morgan fingerprint density at radius 2 is 1.83 bits per heavy atom. The number of nitrogens with one attached hydrogen (secondary N) is 1. The van der Waals surface area contributed by atoms with E-state index in [-0.39, 0.29) is 30.3 Å². The van der Waals surface area contributed by atoms with Gasteiger partial charge in [0.2, 0.25) is 18.6 Å². The average molecular weight is 396 g/mol. The summed E-state index contributed by atoms with van der Waals surface area (Å²) < 4.78 is 24.2. The highest BCUT2D eigenvalue weighted by Gasteiger charge is 2.27. The van der Waals surface area contributed by atoms with Crippen LogP contribution in [0.3, 0.4) is 0 Å². The molecule has 0 unspecified atom stereocenters. The molecule has 29 heavy (non-hydrogen) atoms. The van der Waals surface area contributed by atoms with Crippen molar-refractivity contribution in [1.82, 2.24) is 4.90 Å². The number of hydrogen-bond donors (Lipinski definition) is 1. The molecule has 7 heteroatoms. The van der Waals surface area contributed by atoms with Crippen LogP contribution >= 0.6 is 0 Å². The number of fused-ring (bicyclic) bond motifs is 1. The van der Waals surface area contributed by atoms with Crippen molar-refractivity contribution in [2.75, 3.05) is 25.2 Å². The molecule has 6 nitrogen and oxygen atoms in total. The number of nitrogens with zero attached hydrogens (tertiary/aromatic N) is 1. The van der Waals surface area contributed by atoms with E-state index >= 15 is 0 Å². The van der Waals surface area contributed by atoms with E-state index in [4.69, 9.17) is 9.47 Å². The zero-order valence-electron chi connectivity index (χ0n) is 15.8. The van der Waals surface area contributed by atoms with Gasteiger partial charge in [-0.2, -0.15) is 0 Å². The Morgan fingerprint density at radius 3 is 2.62 bits per heavy atom. The van der Waals surface area contributed by atoms with Crippen molar-refractivity contribution in [1.29, 1.82) is 0 Å². The van der Waals surface area contributed by atoms with Gasteiger partial charge in [-0.3, -0.25) is 9.59 Å². The summed E-state index contributed by atoms with van der Waals surface area (Å²) in [5.41, 5.74) is 1.03. The van der Waals surface area contributed by atoms with Crippen LogP contribution in [0.5, 0.6) is 11.5 Å². The summed E-state index contributed by atoms with van der Waals surface area (Å²) in [6.45, 7) is 1.16. The molecule has 2 aliphatic heterocycles. The smallest absolute Gasteiger partial charge is 0.246 e. The predicted molar refractivity (Wildman–Crippen MR) is 106 cm³/mol. The number of amides is 2. The monoisotopic (exact) mass is 396 g/mol. The van der Waals surface area contributed by atoms with Gasteiger partial charge in [0.05, 0.1) is 0 Å². The Hall–Kier alpha value is -3.35. The lowest BCUT2D eigenvalue weighted by Crippen LogP contribution is -2.40. The zero-order chi connectivity index (χ0) is 20.2. The lowest BCUT2D eigenvalue weighted by molar-refractivity contribution is -0.130. The van der Waals surface area contributed by atoms with Gasteiger partial charge in [0, 0.05) is 42.4 Å². The van der Waals surface area contributed by atoms with Gasteiger partial charge in [0.1, 0.15) is 5.82 Å². The van der Waals surface area contributed by atoms with Gasteiger partial charge in [-0.05, 0) is 37.1 Å². The molecule has 1 saturated heterocycles. The minimum atomic E-state index is -0.365. The third kappa shape index (κ3) is 4.39. The first kappa shape index (κ1) is 19.0. The quantitative estimate of drug-likeness (QED) is 0.804. The number of anilines is 1. The van der Waals surface area contributed by atoms with Gasteiger partial charge in [-0.25, -0.2) is 4.39 Å². The summed E-state index contributed by atoms with van der Waals surface area (Å²) in [5.74, 6) is 0.499. The Morgan fingerprint density at radius 1 is 1.07 bits per heavy atom. The molecule has 0 aromatic heterocycles. The Bertz CT molecular complexity index is 952. The minimum Gasteiger partial charge on any atom is -0.454 e. The number of piperidine rings is 1. The number of carbonyl (C=O) groups is 2. The standard InChI is InChI=1S/C22H21FN2O4/c23-18-4-2-1-3-15(18)5-8-21(26)25-11-9-16(10-12-25)22(27)24-17-6-7-19-20(13-17)29-14-28-19/h1-8,13,16H,9-12,14H2,(H,24,27). The molecular formula is C22H21FN2O4. The Kier molecular flexibility index (Phi) is 5.46. The largest absolute Gasteiger partial charge is 0.454 e. The van der Waals surface area contributed by atoms with E-state index in [0.29, 0.717) is 48.7 Å². The van der Waals surface area contributed by atoms with E-state index in [9.17, 15) is 14.0 Å². The molecule has 1 fully saturated rings. The Balaban J connectivity index is 1.29. The number of carbonyl (C=O) groups excluding carboxylic acids is 2.